The van der Waals surface area contributed by atoms with Crippen LogP contribution in [0.3, 0.4) is 0 Å². The minimum absolute atomic E-state index is 0.253. The summed E-state index contributed by atoms with van der Waals surface area (Å²) in [6.07, 6.45) is 0. The van der Waals surface area contributed by atoms with E-state index < -0.39 is 0 Å². The van der Waals surface area contributed by atoms with Gasteiger partial charge in [0.25, 0.3) is 0 Å². The van der Waals surface area contributed by atoms with Crippen LogP contribution in [0.4, 0.5) is 4.39 Å². The molecule has 106 valence electrons. The van der Waals surface area contributed by atoms with Crippen LogP contribution < -0.4 is 10.1 Å². The first-order chi connectivity index (χ1) is 9.60. The van der Waals surface area contributed by atoms with Gasteiger partial charge < -0.3 is 10.1 Å². The summed E-state index contributed by atoms with van der Waals surface area (Å²) >= 11 is 9.49. The van der Waals surface area contributed by atoms with E-state index in [1.165, 1.54) is 12.1 Å². The Morgan fingerprint density at radius 2 is 1.95 bits per heavy atom. The molecule has 0 aromatic heterocycles. The van der Waals surface area contributed by atoms with Gasteiger partial charge in [0, 0.05) is 17.1 Å². The van der Waals surface area contributed by atoms with Crippen molar-refractivity contribution in [1.29, 1.82) is 0 Å². The standard InChI is InChI=1S/C15H14BrClFNO/c1-19-8-11-6-12(17)7-14(16)15(11)20-9-10-2-4-13(18)5-3-10/h2-7,19H,8-9H2,1H3. The fourth-order valence-electron chi connectivity index (χ4n) is 1.83. The Morgan fingerprint density at radius 1 is 1.25 bits per heavy atom. The molecule has 0 saturated heterocycles. The predicted molar refractivity (Wildman–Crippen MR) is 82.6 cm³/mol. The summed E-state index contributed by atoms with van der Waals surface area (Å²) in [6.45, 7) is 1.02. The number of nitrogens with one attached hydrogen (secondary N) is 1. The summed E-state index contributed by atoms with van der Waals surface area (Å²) in [5, 5.41) is 3.72. The molecule has 0 radical (unpaired) electrons. The second-order valence-electron chi connectivity index (χ2n) is 4.32. The third-order valence-electron chi connectivity index (χ3n) is 2.75. The van der Waals surface area contributed by atoms with E-state index in [0.717, 1.165) is 21.3 Å². The van der Waals surface area contributed by atoms with Crippen LogP contribution in [-0.2, 0) is 13.2 Å². The molecular formula is C15H14BrClFNO. The summed E-state index contributed by atoms with van der Waals surface area (Å²) in [6, 6.07) is 9.91. The lowest BCUT2D eigenvalue weighted by atomic mass is 10.2. The monoisotopic (exact) mass is 357 g/mol. The highest BCUT2D eigenvalue weighted by Gasteiger charge is 2.10. The van der Waals surface area contributed by atoms with Gasteiger partial charge in [0.2, 0.25) is 0 Å². The van der Waals surface area contributed by atoms with Crippen LogP contribution >= 0.6 is 27.5 Å². The van der Waals surface area contributed by atoms with Crippen LogP contribution in [0.5, 0.6) is 5.75 Å². The SMILES string of the molecule is CNCc1cc(Cl)cc(Br)c1OCc1ccc(F)cc1. The summed E-state index contributed by atoms with van der Waals surface area (Å²) in [5.74, 6) is 0.491. The topological polar surface area (TPSA) is 21.3 Å². The van der Waals surface area contributed by atoms with E-state index in [1.807, 2.05) is 13.1 Å². The Labute approximate surface area is 131 Å². The van der Waals surface area contributed by atoms with Gasteiger partial charge >= 0.3 is 0 Å². The van der Waals surface area contributed by atoms with Crippen LogP contribution in [-0.4, -0.2) is 7.05 Å². The molecule has 2 nitrogen and oxygen atoms in total. The van der Waals surface area contributed by atoms with Crippen molar-refractivity contribution in [2.24, 2.45) is 0 Å². The average molecular weight is 359 g/mol. The van der Waals surface area contributed by atoms with Crippen LogP contribution in [0.1, 0.15) is 11.1 Å². The van der Waals surface area contributed by atoms with Crippen molar-refractivity contribution in [1.82, 2.24) is 5.32 Å². The summed E-state index contributed by atoms with van der Waals surface area (Å²) in [4.78, 5) is 0. The number of ether oxygens (including phenoxy) is 1. The highest BCUT2D eigenvalue weighted by molar-refractivity contribution is 9.10. The zero-order valence-corrected chi connectivity index (χ0v) is 13.3. The second kappa shape index (κ2) is 7.07. The average Bonchev–Trinajstić information content (AvgIpc) is 2.40. The van der Waals surface area contributed by atoms with E-state index in [2.05, 4.69) is 21.2 Å². The Kier molecular flexibility index (Phi) is 5.40. The smallest absolute Gasteiger partial charge is 0.138 e. The minimum Gasteiger partial charge on any atom is -0.487 e. The summed E-state index contributed by atoms with van der Waals surface area (Å²) in [5.41, 5.74) is 1.87. The molecule has 0 amide bonds. The predicted octanol–water partition coefficient (Wildman–Crippen LogP) is 4.54. The Morgan fingerprint density at radius 3 is 2.60 bits per heavy atom. The highest BCUT2D eigenvalue weighted by Crippen LogP contribution is 2.33. The largest absolute Gasteiger partial charge is 0.487 e. The van der Waals surface area contributed by atoms with Crippen molar-refractivity contribution < 1.29 is 9.13 Å². The molecule has 0 aliphatic rings. The molecule has 0 unspecified atom stereocenters. The van der Waals surface area contributed by atoms with E-state index in [0.29, 0.717) is 18.2 Å². The van der Waals surface area contributed by atoms with E-state index in [9.17, 15) is 4.39 Å². The fraction of sp³-hybridized carbons (Fsp3) is 0.200. The lowest BCUT2D eigenvalue weighted by molar-refractivity contribution is 0.300. The Balaban J connectivity index is 2.17. The number of benzene rings is 2. The van der Waals surface area contributed by atoms with Crippen molar-refractivity contribution in [3.05, 3.63) is 62.8 Å². The second-order valence-corrected chi connectivity index (χ2v) is 5.61. The molecule has 0 bridgehead atoms. The van der Waals surface area contributed by atoms with Crippen LogP contribution in [0.25, 0.3) is 0 Å². The molecule has 0 fully saturated rings. The van der Waals surface area contributed by atoms with Gasteiger partial charge in [-0.05, 0) is 52.8 Å². The highest BCUT2D eigenvalue weighted by atomic mass is 79.9. The van der Waals surface area contributed by atoms with Gasteiger partial charge in [-0.1, -0.05) is 23.7 Å². The maximum absolute atomic E-state index is 12.9. The lowest BCUT2D eigenvalue weighted by Crippen LogP contribution is -2.08. The van der Waals surface area contributed by atoms with Gasteiger partial charge in [0.15, 0.2) is 0 Å². The molecule has 2 rings (SSSR count). The Hall–Kier alpha value is -1.10. The van der Waals surface area contributed by atoms with Gasteiger partial charge in [-0.15, -0.1) is 0 Å². The van der Waals surface area contributed by atoms with Crippen LogP contribution in [0.2, 0.25) is 5.02 Å². The molecule has 0 spiro atoms. The van der Waals surface area contributed by atoms with Gasteiger partial charge in [0.1, 0.15) is 18.2 Å². The van der Waals surface area contributed by atoms with Crippen molar-refractivity contribution >= 4 is 27.5 Å². The van der Waals surface area contributed by atoms with Crippen molar-refractivity contribution in [3.8, 4) is 5.75 Å². The molecule has 0 atom stereocenters. The maximum Gasteiger partial charge on any atom is 0.138 e. The molecule has 5 heteroatoms. The van der Waals surface area contributed by atoms with Gasteiger partial charge in [-0.25, -0.2) is 4.39 Å². The third kappa shape index (κ3) is 3.95. The number of hydrogen-bond acceptors (Lipinski definition) is 2. The summed E-state index contributed by atoms with van der Waals surface area (Å²) < 4.78 is 19.5. The van der Waals surface area contributed by atoms with E-state index in [1.54, 1.807) is 18.2 Å². The minimum atomic E-state index is -0.253. The van der Waals surface area contributed by atoms with Crippen LogP contribution in [0.15, 0.2) is 40.9 Å². The molecule has 0 saturated carbocycles. The van der Waals surface area contributed by atoms with E-state index in [-0.39, 0.29) is 5.82 Å². The number of halogens is 3. The first-order valence-electron chi connectivity index (χ1n) is 6.10. The molecule has 20 heavy (non-hydrogen) atoms. The lowest BCUT2D eigenvalue weighted by Gasteiger charge is -2.14. The number of rotatable bonds is 5. The molecule has 0 aliphatic carbocycles. The molecule has 0 aliphatic heterocycles. The molecular weight excluding hydrogens is 345 g/mol. The fourth-order valence-corrected chi connectivity index (χ4v) is 2.82. The van der Waals surface area contributed by atoms with Crippen LogP contribution in [0, 0.1) is 5.82 Å². The first kappa shape index (κ1) is 15.3. The first-order valence-corrected chi connectivity index (χ1v) is 7.27. The quantitative estimate of drug-likeness (QED) is 0.847. The summed E-state index contributed by atoms with van der Waals surface area (Å²) in [7, 11) is 1.86. The Bertz CT molecular complexity index is 589. The molecule has 0 heterocycles. The number of hydrogen-bond donors (Lipinski definition) is 1. The molecule has 2 aromatic rings. The zero-order chi connectivity index (χ0) is 14.5. The zero-order valence-electron chi connectivity index (χ0n) is 10.9. The molecule has 1 N–H and O–H groups in total. The van der Waals surface area contributed by atoms with Gasteiger partial charge in [0.05, 0.1) is 4.47 Å². The van der Waals surface area contributed by atoms with E-state index >= 15 is 0 Å². The van der Waals surface area contributed by atoms with Crippen molar-refractivity contribution in [2.75, 3.05) is 7.05 Å². The van der Waals surface area contributed by atoms with Crippen molar-refractivity contribution in [3.63, 3.8) is 0 Å². The normalized spacial score (nSPS) is 10.6. The van der Waals surface area contributed by atoms with Crippen molar-refractivity contribution in [2.45, 2.75) is 13.2 Å². The third-order valence-corrected chi connectivity index (χ3v) is 3.56. The van der Waals surface area contributed by atoms with E-state index in [4.69, 9.17) is 16.3 Å². The van der Waals surface area contributed by atoms with Gasteiger partial charge in [-0.2, -0.15) is 0 Å². The van der Waals surface area contributed by atoms with Gasteiger partial charge in [-0.3, -0.25) is 0 Å². The molecule has 2 aromatic carbocycles. The maximum atomic E-state index is 12.9.